The van der Waals surface area contributed by atoms with E-state index >= 15 is 0 Å². The smallest absolute Gasteiger partial charge is 0.387 e. The zero-order valence-electron chi connectivity index (χ0n) is 17.6. The number of pyridine rings is 1. The molecule has 0 amide bonds. The maximum Gasteiger partial charge on any atom is 0.387 e. The van der Waals surface area contributed by atoms with Gasteiger partial charge in [-0.05, 0) is 36.6 Å². The molecule has 10 heteroatoms. The van der Waals surface area contributed by atoms with E-state index < -0.39 is 12.7 Å². The highest BCUT2D eigenvalue weighted by molar-refractivity contribution is 14.0. The fourth-order valence-electron chi connectivity index (χ4n) is 2.49. The number of aromatic nitrogens is 1. The van der Waals surface area contributed by atoms with Gasteiger partial charge in [-0.15, -0.1) is 24.0 Å². The Morgan fingerprint density at radius 2 is 1.87 bits per heavy atom. The van der Waals surface area contributed by atoms with Gasteiger partial charge in [0, 0.05) is 25.4 Å². The summed E-state index contributed by atoms with van der Waals surface area (Å²) in [6, 6.07) is 9.59. The topological polar surface area (TPSA) is 88.0 Å². The van der Waals surface area contributed by atoms with Crippen LogP contribution in [0.15, 0.2) is 47.6 Å². The molecular weight excluding hydrogens is 521 g/mol. The number of aliphatic imine (C=N–C) groups is 1. The van der Waals surface area contributed by atoms with Crippen LogP contribution in [-0.4, -0.2) is 42.4 Å². The highest BCUT2D eigenvalue weighted by atomic mass is 127. The van der Waals surface area contributed by atoms with Crippen LogP contribution < -0.4 is 20.1 Å². The molecule has 1 atom stereocenters. The lowest BCUT2D eigenvalue weighted by Crippen LogP contribution is -2.39. The molecule has 0 saturated carbocycles. The van der Waals surface area contributed by atoms with Gasteiger partial charge in [0.25, 0.3) is 0 Å². The zero-order chi connectivity index (χ0) is 21.8. The van der Waals surface area contributed by atoms with Crippen LogP contribution >= 0.6 is 24.0 Å². The molecule has 0 radical (unpaired) electrons. The van der Waals surface area contributed by atoms with Crippen LogP contribution in [0.5, 0.6) is 11.6 Å². The monoisotopic (exact) mass is 550 g/mol. The summed E-state index contributed by atoms with van der Waals surface area (Å²) in [6.45, 7) is 2.99. The predicted molar refractivity (Wildman–Crippen MR) is 126 cm³/mol. The number of aliphatic hydroxyl groups is 1. The molecule has 0 aliphatic heterocycles. The molecule has 172 valence electrons. The van der Waals surface area contributed by atoms with Gasteiger partial charge in [-0.2, -0.15) is 8.78 Å². The fraction of sp³-hybridized carbons (Fsp3) is 0.429. The Morgan fingerprint density at radius 1 is 1.13 bits per heavy atom. The largest absolute Gasteiger partial charge is 0.478 e. The Hall–Kier alpha value is -2.21. The van der Waals surface area contributed by atoms with Gasteiger partial charge >= 0.3 is 6.61 Å². The van der Waals surface area contributed by atoms with Crippen molar-refractivity contribution < 1.29 is 23.4 Å². The molecule has 7 nitrogen and oxygen atoms in total. The number of nitrogens with zero attached hydrogens (tertiary/aromatic N) is 2. The van der Waals surface area contributed by atoms with Gasteiger partial charge in [-0.25, -0.2) is 9.98 Å². The van der Waals surface area contributed by atoms with Crippen LogP contribution in [0.25, 0.3) is 0 Å². The van der Waals surface area contributed by atoms with Crippen molar-refractivity contribution in [3.63, 3.8) is 0 Å². The van der Waals surface area contributed by atoms with Gasteiger partial charge < -0.3 is 25.2 Å². The summed E-state index contributed by atoms with van der Waals surface area (Å²) in [5, 5.41) is 16.5. The summed E-state index contributed by atoms with van der Waals surface area (Å²) in [4.78, 5) is 8.74. The summed E-state index contributed by atoms with van der Waals surface area (Å²) in [5.41, 5.74) is 1.50. The molecule has 0 aliphatic carbocycles. The number of hydrogen-bond donors (Lipinski definition) is 3. The Balaban J connectivity index is 0.00000480. The third-order valence-corrected chi connectivity index (χ3v) is 3.97. The van der Waals surface area contributed by atoms with E-state index in [0.717, 1.165) is 12.0 Å². The number of nitrogens with one attached hydrogen (secondary N) is 2. The number of alkyl halides is 2. The van der Waals surface area contributed by atoms with Crippen LogP contribution in [0.3, 0.4) is 0 Å². The van der Waals surface area contributed by atoms with Crippen molar-refractivity contribution in [3.05, 3.63) is 53.7 Å². The molecule has 1 unspecified atom stereocenters. The van der Waals surface area contributed by atoms with E-state index in [1.165, 1.54) is 12.1 Å². The molecule has 0 aliphatic rings. The fourth-order valence-corrected chi connectivity index (χ4v) is 2.49. The quantitative estimate of drug-likeness (QED) is 0.224. The minimum absolute atomic E-state index is 0. The van der Waals surface area contributed by atoms with Crippen LogP contribution in [0.4, 0.5) is 8.78 Å². The van der Waals surface area contributed by atoms with Crippen LogP contribution in [-0.2, 0) is 6.54 Å². The Labute approximate surface area is 198 Å². The maximum atomic E-state index is 12.2. The molecule has 1 aromatic heterocycles. The van der Waals surface area contributed by atoms with E-state index in [-0.39, 0.29) is 36.3 Å². The van der Waals surface area contributed by atoms with Crippen molar-refractivity contribution >= 4 is 29.9 Å². The molecule has 2 rings (SSSR count). The molecule has 1 aromatic carbocycles. The molecular formula is C21H29F2IN4O3. The van der Waals surface area contributed by atoms with Gasteiger partial charge in [0.15, 0.2) is 5.96 Å². The molecule has 3 N–H and O–H groups in total. The van der Waals surface area contributed by atoms with Crippen molar-refractivity contribution in [2.24, 2.45) is 4.99 Å². The second-order valence-electron chi connectivity index (χ2n) is 6.39. The average molecular weight is 550 g/mol. The van der Waals surface area contributed by atoms with Crippen LogP contribution in [0, 0.1) is 0 Å². The standard InChI is InChI=1S/C21H28F2N4O3.HI/c1-3-11-29-19-10-5-15(12-25-19)13-26-21(24-4-2)27-14-18(28)16-6-8-17(9-7-16)30-20(22)23;/h5-10,12,18,20,28H,3-4,11,13-14H2,1-2H3,(H2,24,26,27);1H. The first-order valence-electron chi connectivity index (χ1n) is 9.84. The van der Waals surface area contributed by atoms with E-state index in [4.69, 9.17) is 4.74 Å². The van der Waals surface area contributed by atoms with Gasteiger partial charge in [0.1, 0.15) is 5.75 Å². The van der Waals surface area contributed by atoms with E-state index in [2.05, 4.69) is 25.3 Å². The SMILES string of the molecule is CCCOc1ccc(CN=C(NCC)NCC(O)c2ccc(OC(F)F)cc2)cn1.I. The third-order valence-electron chi connectivity index (χ3n) is 3.97. The second kappa shape index (κ2) is 14.7. The van der Waals surface area contributed by atoms with Crippen LogP contribution in [0.1, 0.15) is 37.5 Å². The molecule has 0 spiro atoms. The van der Waals surface area contributed by atoms with Crippen molar-refractivity contribution in [3.8, 4) is 11.6 Å². The van der Waals surface area contributed by atoms with E-state index in [0.29, 0.717) is 37.1 Å². The zero-order valence-corrected chi connectivity index (χ0v) is 19.9. The minimum atomic E-state index is -2.88. The van der Waals surface area contributed by atoms with Gasteiger partial charge in [0.05, 0.1) is 19.3 Å². The van der Waals surface area contributed by atoms with E-state index in [9.17, 15) is 13.9 Å². The lowest BCUT2D eigenvalue weighted by molar-refractivity contribution is -0.0498. The number of halogens is 3. The van der Waals surface area contributed by atoms with Crippen LogP contribution in [0.2, 0.25) is 0 Å². The lowest BCUT2D eigenvalue weighted by atomic mass is 10.1. The molecule has 2 aromatic rings. The summed E-state index contributed by atoms with van der Waals surface area (Å²) in [7, 11) is 0. The van der Waals surface area contributed by atoms with Gasteiger partial charge in [-0.1, -0.05) is 25.1 Å². The molecule has 0 bridgehead atoms. The van der Waals surface area contributed by atoms with Gasteiger partial charge in [-0.3, -0.25) is 0 Å². The summed E-state index contributed by atoms with van der Waals surface area (Å²) >= 11 is 0. The lowest BCUT2D eigenvalue weighted by Gasteiger charge is -2.16. The van der Waals surface area contributed by atoms with Gasteiger partial charge in [0.2, 0.25) is 5.88 Å². The summed E-state index contributed by atoms with van der Waals surface area (Å²) in [5.74, 6) is 1.17. The van der Waals surface area contributed by atoms with Crippen molar-refractivity contribution in [1.82, 2.24) is 15.6 Å². The maximum absolute atomic E-state index is 12.2. The predicted octanol–water partition coefficient (Wildman–Crippen LogP) is 3.88. The highest BCUT2D eigenvalue weighted by Crippen LogP contribution is 2.19. The number of guanidine groups is 1. The number of ether oxygens (including phenoxy) is 2. The molecule has 0 fully saturated rings. The summed E-state index contributed by atoms with van der Waals surface area (Å²) < 4.78 is 34.2. The van der Waals surface area contributed by atoms with Crippen molar-refractivity contribution in [1.29, 1.82) is 0 Å². The Kier molecular flexibility index (Phi) is 12.8. The van der Waals surface area contributed by atoms with E-state index in [1.54, 1.807) is 18.3 Å². The molecule has 0 saturated heterocycles. The normalized spacial score (nSPS) is 12.1. The van der Waals surface area contributed by atoms with E-state index in [1.807, 2.05) is 26.0 Å². The van der Waals surface area contributed by atoms with Crippen molar-refractivity contribution in [2.75, 3.05) is 19.7 Å². The minimum Gasteiger partial charge on any atom is -0.478 e. The van der Waals surface area contributed by atoms with Crippen molar-refractivity contribution in [2.45, 2.75) is 39.5 Å². The second-order valence-corrected chi connectivity index (χ2v) is 6.39. The first-order chi connectivity index (χ1) is 14.5. The highest BCUT2D eigenvalue weighted by Gasteiger charge is 2.10. The summed E-state index contributed by atoms with van der Waals surface area (Å²) in [6.07, 6.45) is 1.80. The third kappa shape index (κ3) is 10.1. The number of benzene rings is 1. The molecule has 31 heavy (non-hydrogen) atoms. The Bertz CT molecular complexity index is 777. The number of aliphatic hydroxyl groups excluding tert-OH is 1. The average Bonchev–Trinajstić information content (AvgIpc) is 2.75. The number of hydrogen-bond acceptors (Lipinski definition) is 5. The Morgan fingerprint density at radius 3 is 2.45 bits per heavy atom. The number of rotatable bonds is 11. The first kappa shape index (κ1) is 26.8. The first-order valence-corrected chi connectivity index (χ1v) is 9.84. The molecule has 1 heterocycles.